The predicted molar refractivity (Wildman–Crippen MR) is 360 cm³/mol. The maximum Gasteiger partial charge on any atom is 0.472 e. The molecule has 0 spiro atoms. The summed E-state index contributed by atoms with van der Waals surface area (Å²) in [6.07, 6.45) is 85.4. The van der Waals surface area contributed by atoms with Crippen LogP contribution in [0.2, 0.25) is 0 Å². The maximum atomic E-state index is 13.1. The number of hydrogen-bond acceptors (Lipinski definition) is 5. The number of phosphoric acid groups is 1. The third-order valence-corrected chi connectivity index (χ3v) is 17.9. The molecule has 0 aromatic rings. The lowest BCUT2D eigenvalue weighted by atomic mass is 10.0. The monoisotopic (exact) mass is 1180 g/mol. The summed E-state index contributed by atoms with van der Waals surface area (Å²) >= 11 is 0. The minimum atomic E-state index is -4.33. The molecule has 486 valence electrons. The first-order chi connectivity index (χ1) is 40.0. The van der Waals surface area contributed by atoms with Crippen molar-refractivity contribution in [1.29, 1.82) is 0 Å². The number of nitrogens with one attached hydrogen (secondary N) is 1. The molecule has 0 fully saturated rings. The largest absolute Gasteiger partial charge is 0.472 e. The molecule has 0 rings (SSSR count). The second kappa shape index (κ2) is 64.2. The molecule has 3 N–H and O–H groups in total. The molecule has 3 atom stereocenters. The van der Waals surface area contributed by atoms with Gasteiger partial charge in [-0.05, 0) is 51.4 Å². The van der Waals surface area contributed by atoms with Crippen molar-refractivity contribution in [2.45, 2.75) is 386 Å². The third kappa shape index (κ3) is 66.2. The highest BCUT2D eigenvalue weighted by Crippen LogP contribution is 2.43. The van der Waals surface area contributed by atoms with Crippen molar-refractivity contribution in [3.8, 4) is 0 Å². The lowest BCUT2D eigenvalue weighted by Gasteiger charge is -2.26. The fourth-order valence-electron chi connectivity index (χ4n) is 11.2. The van der Waals surface area contributed by atoms with Gasteiger partial charge in [-0.3, -0.25) is 13.8 Å². The molecule has 0 saturated carbocycles. The topological polar surface area (TPSA) is 105 Å². The molecule has 0 heterocycles. The molecule has 0 aliphatic carbocycles. The van der Waals surface area contributed by atoms with E-state index in [4.69, 9.17) is 9.05 Å². The number of allylic oxidation sites excluding steroid dienone is 6. The van der Waals surface area contributed by atoms with Crippen LogP contribution >= 0.6 is 7.82 Å². The second-order valence-corrected chi connectivity index (χ2v) is 27.8. The summed E-state index contributed by atoms with van der Waals surface area (Å²) in [5.41, 5.74) is 0. The van der Waals surface area contributed by atoms with Gasteiger partial charge >= 0.3 is 7.82 Å². The van der Waals surface area contributed by atoms with E-state index in [1.165, 1.54) is 295 Å². The van der Waals surface area contributed by atoms with E-state index in [1.54, 1.807) is 0 Å². The summed E-state index contributed by atoms with van der Waals surface area (Å²) in [6, 6.07) is -0.761. The van der Waals surface area contributed by atoms with E-state index >= 15 is 0 Å². The fraction of sp³-hybridized carbons (Fsp3) is 0.904. The Bertz CT molecular complexity index is 1430. The number of carbonyl (C=O) groups is 1. The molecule has 82 heavy (non-hydrogen) atoms. The summed E-state index contributed by atoms with van der Waals surface area (Å²) in [6.45, 7) is 4.94. The molecule has 9 heteroatoms. The number of aliphatic hydroxyl groups excluding tert-OH is 1. The molecule has 1 amide bonds. The minimum absolute atomic E-state index is 0.0770. The SMILES string of the molecule is CCCCCCC/C=C\C/C=C\C/C=C\CCCCCCCCCCCCCCCCCCCCCCC(=O)NC(COP(=O)(O)OCC[N+](C)(C)C)C(O)CCCCCCCCCCCCCCCCCCCCCCCCCCC. The highest BCUT2D eigenvalue weighted by Gasteiger charge is 2.28. The molecule has 0 aromatic heterocycles. The standard InChI is InChI=1S/C73H143N2O6P/c1-6-8-10-12-14-16-18-20-22-24-26-28-30-32-33-34-35-36-37-38-39-40-41-43-45-47-49-51-53-55-57-59-61-63-65-67-73(77)74-71(70-81-82(78,79)80-69-68-75(3,4)5)72(76)66-64-62-60-58-56-54-52-50-48-46-44-42-31-29-27-25-23-21-19-17-15-13-11-9-7-2/h18,20,24,26,30,32,71-72,76H,6-17,19,21-23,25,27-29,31,33-70H2,1-5H3,(H-,74,77,78,79)/p+1/b20-18-,26-24-,32-30-. The second-order valence-electron chi connectivity index (χ2n) is 26.3. The highest BCUT2D eigenvalue weighted by molar-refractivity contribution is 7.47. The smallest absolute Gasteiger partial charge is 0.391 e. The van der Waals surface area contributed by atoms with Crippen molar-refractivity contribution in [2.24, 2.45) is 0 Å². The Labute approximate surface area is 512 Å². The van der Waals surface area contributed by atoms with Gasteiger partial charge in [0.05, 0.1) is 39.9 Å². The van der Waals surface area contributed by atoms with Crippen molar-refractivity contribution in [3.05, 3.63) is 36.5 Å². The molecule has 0 aromatic carbocycles. The zero-order valence-electron chi connectivity index (χ0n) is 55.8. The van der Waals surface area contributed by atoms with Crippen LogP contribution < -0.4 is 5.32 Å². The van der Waals surface area contributed by atoms with E-state index in [2.05, 4.69) is 55.6 Å². The first-order valence-corrected chi connectivity index (χ1v) is 37.8. The van der Waals surface area contributed by atoms with Gasteiger partial charge in [-0.1, -0.05) is 352 Å². The van der Waals surface area contributed by atoms with Crippen LogP contribution in [-0.4, -0.2) is 73.4 Å². The van der Waals surface area contributed by atoms with Crippen LogP contribution in [0.3, 0.4) is 0 Å². The number of likely N-dealkylation sites (N-methyl/N-ethyl adjacent to an activating group) is 1. The summed E-state index contributed by atoms with van der Waals surface area (Å²) in [5.74, 6) is -0.136. The van der Waals surface area contributed by atoms with Crippen molar-refractivity contribution in [1.82, 2.24) is 5.32 Å². The van der Waals surface area contributed by atoms with Gasteiger partial charge in [0, 0.05) is 6.42 Å². The average molecular weight is 1180 g/mol. The first kappa shape index (κ1) is 80.7. The Morgan fingerprint density at radius 2 is 0.695 bits per heavy atom. The summed E-state index contributed by atoms with van der Waals surface area (Å²) in [5, 5.41) is 14.2. The number of rotatable bonds is 68. The van der Waals surface area contributed by atoms with Gasteiger partial charge in [-0.25, -0.2) is 4.57 Å². The predicted octanol–water partition coefficient (Wildman–Crippen LogP) is 23.2. The highest BCUT2D eigenvalue weighted by atomic mass is 31.2. The quantitative estimate of drug-likeness (QED) is 0.0243. The average Bonchev–Trinajstić information content (AvgIpc) is 3.45. The van der Waals surface area contributed by atoms with Gasteiger partial charge in [-0.15, -0.1) is 0 Å². The van der Waals surface area contributed by atoms with Crippen molar-refractivity contribution in [2.75, 3.05) is 40.9 Å². The van der Waals surface area contributed by atoms with Crippen LogP contribution in [-0.2, 0) is 18.4 Å². The molecule has 0 radical (unpaired) electrons. The summed E-state index contributed by atoms with van der Waals surface area (Å²) < 4.78 is 23.9. The fourth-order valence-corrected chi connectivity index (χ4v) is 12.0. The zero-order valence-corrected chi connectivity index (χ0v) is 56.7. The van der Waals surface area contributed by atoms with Gasteiger partial charge in [0.15, 0.2) is 0 Å². The number of phosphoric ester groups is 1. The van der Waals surface area contributed by atoms with E-state index in [1.807, 2.05) is 21.1 Å². The van der Waals surface area contributed by atoms with Crippen LogP contribution in [0, 0.1) is 0 Å². The molecular weight excluding hydrogens is 1030 g/mol. The molecule has 0 aliphatic heterocycles. The van der Waals surface area contributed by atoms with Crippen LogP contribution in [0.4, 0.5) is 0 Å². The first-order valence-electron chi connectivity index (χ1n) is 36.4. The molecule has 0 aliphatic rings. The molecule has 8 nitrogen and oxygen atoms in total. The van der Waals surface area contributed by atoms with Crippen LogP contribution in [0.5, 0.6) is 0 Å². The molecule has 3 unspecified atom stereocenters. The van der Waals surface area contributed by atoms with Gasteiger partial charge in [-0.2, -0.15) is 0 Å². The number of amides is 1. The Kier molecular flexibility index (Phi) is 63.2. The number of aliphatic hydroxyl groups is 1. The maximum absolute atomic E-state index is 13.1. The van der Waals surface area contributed by atoms with E-state index < -0.39 is 20.0 Å². The molecular formula is C73H144N2O6P+. The Morgan fingerprint density at radius 1 is 0.415 bits per heavy atom. The van der Waals surface area contributed by atoms with Crippen molar-refractivity contribution < 1.29 is 32.9 Å². The Hall–Kier alpha value is -1.28. The van der Waals surface area contributed by atoms with Crippen LogP contribution in [0.1, 0.15) is 373 Å². The normalized spacial score (nSPS) is 13.8. The Morgan fingerprint density at radius 3 is 1.01 bits per heavy atom. The van der Waals surface area contributed by atoms with E-state index in [-0.39, 0.29) is 19.1 Å². The zero-order chi connectivity index (χ0) is 59.8. The van der Waals surface area contributed by atoms with Crippen molar-refractivity contribution in [3.63, 3.8) is 0 Å². The van der Waals surface area contributed by atoms with Crippen LogP contribution in [0.15, 0.2) is 36.5 Å². The lowest BCUT2D eigenvalue weighted by molar-refractivity contribution is -0.870. The van der Waals surface area contributed by atoms with Crippen LogP contribution in [0.25, 0.3) is 0 Å². The minimum Gasteiger partial charge on any atom is -0.391 e. The van der Waals surface area contributed by atoms with E-state index in [0.717, 1.165) is 51.4 Å². The number of unbranched alkanes of at least 4 members (excludes halogenated alkanes) is 49. The van der Waals surface area contributed by atoms with E-state index in [0.29, 0.717) is 23.9 Å². The van der Waals surface area contributed by atoms with Gasteiger partial charge < -0.3 is 19.8 Å². The molecule has 0 saturated heterocycles. The summed E-state index contributed by atoms with van der Waals surface area (Å²) in [7, 11) is 1.63. The third-order valence-electron chi connectivity index (χ3n) is 16.9. The number of carbonyl (C=O) groups excluding carboxylic acids is 1. The number of quaternary nitrogens is 1. The molecule has 0 bridgehead atoms. The summed E-state index contributed by atoms with van der Waals surface area (Å²) in [4.78, 5) is 23.5. The Balaban J connectivity index is 3.97. The number of hydrogen-bond donors (Lipinski definition) is 3. The van der Waals surface area contributed by atoms with Gasteiger partial charge in [0.2, 0.25) is 5.91 Å². The van der Waals surface area contributed by atoms with Crippen molar-refractivity contribution >= 4 is 13.7 Å². The van der Waals surface area contributed by atoms with E-state index in [9.17, 15) is 19.4 Å². The number of nitrogens with zero attached hydrogens (tertiary/aromatic N) is 1. The van der Waals surface area contributed by atoms with Gasteiger partial charge in [0.1, 0.15) is 13.2 Å². The lowest BCUT2D eigenvalue weighted by Crippen LogP contribution is -2.46. The van der Waals surface area contributed by atoms with Gasteiger partial charge in [0.25, 0.3) is 0 Å².